The molecule has 0 radical (unpaired) electrons. The Labute approximate surface area is 462 Å². The van der Waals surface area contributed by atoms with Crippen molar-refractivity contribution in [3.05, 3.63) is 59.2 Å². The van der Waals surface area contributed by atoms with Gasteiger partial charge in [-0.3, -0.25) is 14.4 Å². The topological polar surface area (TPSA) is 139 Å². The Morgan fingerprint density at radius 3 is 1.54 bits per heavy atom. The molecule has 430 valence electrons. The van der Waals surface area contributed by atoms with E-state index in [1.54, 1.807) is 0 Å². The lowest BCUT2D eigenvalue weighted by Crippen LogP contribution is -2.35. The minimum atomic E-state index is -0.603. The molecule has 1 aromatic rings. The molecule has 0 fully saturated rings. The average molecular weight is 1060 g/mol. The van der Waals surface area contributed by atoms with Crippen LogP contribution in [0.1, 0.15) is 244 Å². The van der Waals surface area contributed by atoms with E-state index in [0.29, 0.717) is 75.0 Å². The first-order valence-corrected chi connectivity index (χ1v) is 29.8. The summed E-state index contributed by atoms with van der Waals surface area (Å²) in [7, 11) is 2.02. The van der Waals surface area contributed by atoms with Crippen molar-refractivity contribution in [1.82, 2.24) is 10.2 Å². The number of allylic oxidation sites excluding steroid dienone is 4. The number of nitrogens with one attached hydrogen (secondary N) is 1. The van der Waals surface area contributed by atoms with Crippen molar-refractivity contribution in [3.63, 3.8) is 0 Å². The number of benzene rings is 1. The highest BCUT2D eigenvalue weighted by atomic mass is 16.7. The second-order valence-corrected chi connectivity index (χ2v) is 19.9. The van der Waals surface area contributed by atoms with Crippen molar-refractivity contribution >= 4 is 24.0 Å². The van der Waals surface area contributed by atoms with Crippen molar-refractivity contribution in [2.75, 3.05) is 39.9 Å². The van der Waals surface area contributed by atoms with Crippen molar-refractivity contribution in [2.24, 2.45) is 0 Å². The third kappa shape index (κ3) is 43.5. The number of unbranched alkanes of at least 4 members (excludes halogenated alkanes) is 15. The molecule has 76 heavy (non-hydrogen) atoms. The molecular weight excluding hydrogens is 957 g/mol. The summed E-state index contributed by atoms with van der Waals surface area (Å²) in [6.07, 6.45) is 33.9. The molecule has 12 nitrogen and oxygen atoms in total. The van der Waals surface area contributed by atoms with E-state index in [1.165, 1.54) is 25.7 Å². The maximum Gasteiger partial charge on any atom is 0.407 e. The number of hydrogen-bond acceptors (Lipinski definition) is 11. The zero-order valence-electron chi connectivity index (χ0n) is 48.6. The summed E-state index contributed by atoms with van der Waals surface area (Å²) in [5, 5.41) is 2.85. The second kappa shape index (κ2) is 51.2. The Morgan fingerprint density at radius 1 is 0.513 bits per heavy atom. The standard InChI is InChI=1S/C64H104N2O10/c1-7-12-16-20-23-24-25-26-27-28-29-30-31-32-36-40-60(67)73-53-56-50-57(54-74-61(68)42-41-59(39-35-19-15-10-4)76-64(70)65-45-47-66(6)46-11-5)52-58(51-56)55-75-62(69)43-44-63(71-48-37-33-21-17-13-8-2)72-49-38-34-22-18-14-9-3/h23-24,26-27,50-52,59,63H,7-20,25,28-32,35-49,53-55H2,1-6H3,(H,65,70)/b24-23-,27-26-. The van der Waals surface area contributed by atoms with Crippen LogP contribution < -0.4 is 5.32 Å². The van der Waals surface area contributed by atoms with Crippen LogP contribution in [-0.4, -0.2) is 81.2 Å². The Morgan fingerprint density at radius 2 is 0.987 bits per heavy atom. The van der Waals surface area contributed by atoms with Gasteiger partial charge in [0.25, 0.3) is 0 Å². The van der Waals surface area contributed by atoms with Crippen LogP contribution in [0.15, 0.2) is 42.5 Å². The number of ether oxygens (including phenoxy) is 6. The van der Waals surface area contributed by atoms with Gasteiger partial charge in [-0.15, -0.1) is 23.7 Å². The second-order valence-electron chi connectivity index (χ2n) is 19.9. The summed E-state index contributed by atoms with van der Waals surface area (Å²) in [6, 6.07) is 5.51. The minimum Gasteiger partial charge on any atom is -0.461 e. The van der Waals surface area contributed by atoms with Crippen LogP contribution >= 0.6 is 0 Å². The molecule has 0 bridgehead atoms. The summed E-state index contributed by atoms with van der Waals surface area (Å²) in [4.78, 5) is 54.2. The molecule has 1 N–H and O–H groups in total. The number of esters is 3. The van der Waals surface area contributed by atoms with Crippen LogP contribution in [-0.2, 0) is 62.6 Å². The van der Waals surface area contributed by atoms with Gasteiger partial charge in [-0.05, 0) is 126 Å². The maximum atomic E-state index is 13.2. The number of likely N-dealkylation sites (N-methyl/N-ethyl adjacent to an activating group) is 1. The van der Waals surface area contributed by atoms with Gasteiger partial charge in [0.1, 0.15) is 25.9 Å². The quantitative estimate of drug-likeness (QED) is 0.0167. The highest BCUT2D eigenvalue weighted by Gasteiger charge is 2.18. The number of rotatable bonds is 47. The Hall–Kier alpha value is -4.62. The molecule has 0 spiro atoms. The highest BCUT2D eigenvalue weighted by Crippen LogP contribution is 2.19. The first kappa shape index (κ1) is 69.4. The Bertz CT molecular complexity index is 1790. The predicted octanol–water partition coefficient (Wildman–Crippen LogP) is 15.1. The molecule has 1 aromatic carbocycles. The Balaban J connectivity index is 2.95. The fraction of sp³-hybridized carbons (Fsp3) is 0.719. The molecule has 0 aliphatic heterocycles. The normalized spacial score (nSPS) is 11.6. The van der Waals surface area contributed by atoms with Gasteiger partial charge in [-0.25, -0.2) is 4.79 Å². The molecule has 0 aliphatic carbocycles. The van der Waals surface area contributed by atoms with E-state index in [-0.39, 0.29) is 38.6 Å². The van der Waals surface area contributed by atoms with Crippen LogP contribution in [0.4, 0.5) is 4.79 Å². The van der Waals surface area contributed by atoms with Crippen molar-refractivity contribution < 1.29 is 47.6 Å². The van der Waals surface area contributed by atoms with E-state index in [0.717, 1.165) is 129 Å². The first-order chi connectivity index (χ1) is 37.1. The number of carbonyl (C=O) groups is 4. The summed E-state index contributed by atoms with van der Waals surface area (Å²) in [5.74, 6) is 11.6. The van der Waals surface area contributed by atoms with Crippen LogP contribution in [0.3, 0.4) is 0 Å². The van der Waals surface area contributed by atoms with Gasteiger partial charge in [0.15, 0.2) is 6.29 Å². The zero-order valence-corrected chi connectivity index (χ0v) is 48.6. The van der Waals surface area contributed by atoms with Gasteiger partial charge < -0.3 is 38.6 Å². The van der Waals surface area contributed by atoms with E-state index in [1.807, 2.05) is 25.2 Å². The Kier molecular flexibility index (Phi) is 46.7. The number of nitrogens with zero attached hydrogens (tertiary/aromatic N) is 1. The molecule has 1 amide bonds. The van der Waals surface area contributed by atoms with Gasteiger partial charge in [0.2, 0.25) is 0 Å². The van der Waals surface area contributed by atoms with Crippen LogP contribution in [0.2, 0.25) is 0 Å². The molecule has 1 atom stereocenters. The lowest BCUT2D eigenvalue weighted by molar-refractivity contribution is -0.158. The SMILES string of the molecule is CCCCC#CCCOC(CCC(=O)OCc1cc(COC(=O)CCCCCCC/C=C\C/C=C\CCCCC)cc(COC(=O)CCC(CCCCCC)OC(=O)NCCN(C)CCC)c1)OCCC#CCCCC. The molecule has 0 aliphatic rings. The summed E-state index contributed by atoms with van der Waals surface area (Å²) in [6.45, 7) is 13.7. The lowest BCUT2D eigenvalue weighted by atomic mass is 10.1. The molecule has 0 heterocycles. The van der Waals surface area contributed by atoms with Gasteiger partial charge >= 0.3 is 24.0 Å². The smallest absolute Gasteiger partial charge is 0.407 e. The van der Waals surface area contributed by atoms with Gasteiger partial charge in [-0.1, -0.05) is 123 Å². The monoisotopic (exact) mass is 1060 g/mol. The van der Waals surface area contributed by atoms with Crippen molar-refractivity contribution in [3.8, 4) is 23.7 Å². The van der Waals surface area contributed by atoms with E-state index in [4.69, 9.17) is 28.4 Å². The molecule has 1 rings (SSSR count). The lowest BCUT2D eigenvalue weighted by Gasteiger charge is -2.19. The summed E-state index contributed by atoms with van der Waals surface area (Å²) in [5.41, 5.74) is 2.03. The third-order valence-electron chi connectivity index (χ3n) is 12.5. The minimum absolute atomic E-state index is 0.0259. The zero-order chi connectivity index (χ0) is 55.4. The van der Waals surface area contributed by atoms with Crippen LogP contribution in [0, 0.1) is 23.7 Å². The number of carbonyl (C=O) groups excluding carboxylic acids is 4. The largest absolute Gasteiger partial charge is 0.461 e. The molecular formula is C64H104N2O10. The molecule has 0 saturated carbocycles. The van der Waals surface area contributed by atoms with Crippen LogP contribution in [0.25, 0.3) is 0 Å². The predicted molar refractivity (Wildman–Crippen MR) is 308 cm³/mol. The molecule has 12 heteroatoms. The van der Waals surface area contributed by atoms with Gasteiger partial charge in [-0.2, -0.15) is 0 Å². The van der Waals surface area contributed by atoms with E-state index < -0.39 is 30.4 Å². The maximum absolute atomic E-state index is 13.2. The fourth-order valence-electron chi connectivity index (χ4n) is 8.07. The average Bonchev–Trinajstić information content (AvgIpc) is 3.41. The number of alkyl carbamates (subject to hydrolysis) is 1. The number of hydrogen-bond donors (Lipinski definition) is 1. The fourth-order valence-corrected chi connectivity index (χ4v) is 8.07. The van der Waals surface area contributed by atoms with Gasteiger partial charge in [0, 0.05) is 58.0 Å². The highest BCUT2D eigenvalue weighted by molar-refractivity contribution is 5.70. The summed E-state index contributed by atoms with van der Waals surface area (Å²) >= 11 is 0. The third-order valence-corrected chi connectivity index (χ3v) is 12.5. The van der Waals surface area contributed by atoms with Crippen molar-refractivity contribution in [2.45, 2.75) is 259 Å². The van der Waals surface area contributed by atoms with Crippen molar-refractivity contribution in [1.29, 1.82) is 0 Å². The molecule has 1 unspecified atom stereocenters. The van der Waals surface area contributed by atoms with E-state index in [9.17, 15) is 19.2 Å². The number of amides is 1. The van der Waals surface area contributed by atoms with Gasteiger partial charge in [0.05, 0.1) is 19.6 Å². The van der Waals surface area contributed by atoms with Crippen LogP contribution in [0.5, 0.6) is 0 Å². The summed E-state index contributed by atoms with van der Waals surface area (Å²) < 4.78 is 35.1. The first-order valence-electron chi connectivity index (χ1n) is 29.8. The van der Waals surface area contributed by atoms with E-state index in [2.05, 4.69) is 92.8 Å². The van der Waals surface area contributed by atoms with E-state index >= 15 is 0 Å². The molecule has 0 aromatic heterocycles. The molecule has 0 saturated heterocycles.